The summed E-state index contributed by atoms with van der Waals surface area (Å²) >= 11 is 0. The van der Waals surface area contributed by atoms with Gasteiger partial charge in [0.1, 0.15) is 0 Å². The normalized spacial score (nSPS) is 17.6. The van der Waals surface area contributed by atoms with E-state index in [-0.39, 0.29) is 5.41 Å². The molecule has 134 valence electrons. The molecule has 0 heterocycles. The molecule has 0 aliphatic heterocycles. The first kappa shape index (κ1) is 18.2. The Labute approximate surface area is 154 Å². The summed E-state index contributed by atoms with van der Waals surface area (Å²) in [6.45, 7) is 6.76. The molecule has 1 fully saturated rings. The van der Waals surface area contributed by atoms with E-state index >= 15 is 0 Å². The van der Waals surface area contributed by atoms with Gasteiger partial charge in [-0.2, -0.15) is 0 Å². The number of rotatable bonds is 6. The van der Waals surface area contributed by atoms with E-state index in [0.29, 0.717) is 0 Å². The first-order valence-corrected chi connectivity index (χ1v) is 10.3. The lowest BCUT2D eigenvalue weighted by atomic mass is 9.62. The minimum atomic E-state index is 0.222. The molecule has 0 atom stereocenters. The summed E-state index contributed by atoms with van der Waals surface area (Å²) in [7, 11) is 0. The van der Waals surface area contributed by atoms with Crippen LogP contribution in [0.3, 0.4) is 0 Å². The largest absolute Gasteiger partial charge is 0.0654 e. The van der Waals surface area contributed by atoms with Crippen LogP contribution in [0.15, 0.2) is 48.5 Å². The van der Waals surface area contributed by atoms with Crippen LogP contribution in [-0.4, -0.2) is 0 Å². The van der Waals surface area contributed by atoms with Gasteiger partial charge in [-0.05, 0) is 56.6 Å². The van der Waals surface area contributed by atoms with E-state index in [4.69, 9.17) is 0 Å². The minimum Gasteiger partial charge on any atom is -0.0654 e. The van der Waals surface area contributed by atoms with Crippen molar-refractivity contribution in [1.82, 2.24) is 0 Å². The van der Waals surface area contributed by atoms with Gasteiger partial charge in [0.05, 0.1) is 0 Å². The highest BCUT2D eigenvalue weighted by Gasteiger charge is 2.38. The molecule has 0 aromatic heterocycles. The molecule has 0 unspecified atom stereocenters. The summed E-state index contributed by atoms with van der Waals surface area (Å²) < 4.78 is 0. The first-order chi connectivity index (χ1) is 12.1. The molecule has 0 saturated heterocycles. The maximum absolute atomic E-state index is 2.43. The molecule has 2 aromatic rings. The van der Waals surface area contributed by atoms with Gasteiger partial charge >= 0.3 is 0 Å². The van der Waals surface area contributed by atoms with Gasteiger partial charge in [0.2, 0.25) is 0 Å². The Balaban J connectivity index is 1.87. The third-order valence-corrected chi connectivity index (χ3v) is 6.32. The Morgan fingerprint density at radius 2 is 1.40 bits per heavy atom. The lowest BCUT2D eigenvalue weighted by molar-refractivity contribution is 0.250. The third-order valence-electron chi connectivity index (χ3n) is 6.32. The topological polar surface area (TPSA) is 0 Å². The van der Waals surface area contributed by atoms with Crippen LogP contribution in [0.2, 0.25) is 0 Å². The van der Waals surface area contributed by atoms with Crippen LogP contribution < -0.4 is 0 Å². The van der Waals surface area contributed by atoms with Gasteiger partial charge in [0, 0.05) is 5.41 Å². The summed E-state index contributed by atoms with van der Waals surface area (Å²) in [5, 5.41) is 0. The van der Waals surface area contributed by atoms with Crippen molar-refractivity contribution in [3.05, 3.63) is 70.8 Å². The van der Waals surface area contributed by atoms with Crippen LogP contribution in [0, 0.1) is 19.8 Å². The van der Waals surface area contributed by atoms with Crippen molar-refractivity contribution in [3.8, 4) is 0 Å². The van der Waals surface area contributed by atoms with E-state index in [1.54, 1.807) is 0 Å². The molecule has 0 bridgehead atoms. The highest BCUT2D eigenvalue weighted by molar-refractivity contribution is 5.42. The number of hydrogen-bond donors (Lipinski definition) is 0. The molecule has 0 radical (unpaired) electrons. The lowest BCUT2D eigenvalue weighted by Crippen LogP contribution is -2.33. The molecule has 0 nitrogen and oxygen atoms in total. The zero-order valence-electron chi connectivity index (χ0n) is 16.4. The van der Waals surface area contributed by atoms with Crippen molar-refractivity contribution in [2.45, 2.75) is 77.6 Å². The van der Waals surface area contributed by atoms with Crippen molar-refractivity contribution in [1.29, 1.82) is 0 Å². The van der Waals surface area contributed by atoms with Crippen molar-refractivity contribution >= 4 is 0 Å². The smallest absolute Gasteiger partial charge is 0.0203 e. The standard InChI is InChI=1S/C25H34/c1-4-5-6-11-22-14-16-25(17-15-22,23-12-7-9-20(2)18-23)24-13-8-10-21(3)19-24/h7-10,12-13,18-19,22H,4-6,11,14-17H2,1-3H3. The molecule has 1 aliphatic carbocycles. The van der Waals surface area contributed by atoms with E-state index < -0.39 is 0 Å². The van der Waals surface area contributed by atoms with Crippen molar-refractivity contribution in [2.75, 3.05) is 0 Å². The molecular weight excluding hydrogens is 300 g/mol. The van der Waals surface area contributed by atoms with Gasteiger partial charge in [0.15, 0.2) is 0 Å². The fourth-order valence-electron chi connectivity index (χ4n) is 4.77. The Kier molecular flexibility index (Phi) is 5.99. The van der Waals surface area contributed by atoms with Crippen molar-refractivity contribution in [3.63, 3.8) is 0 Å². The molecule has 2 aromatic carbocycles. The first-order valence-electron chi connectivity index (χ1n) is 10.3. The second-order valence-corrected chi connectivity index (χ2v) is 8.26. The van der Waals surface area contributed by atoms with Crippen molar-refractivity contribution < 1.29 is 0 Å². The van der Waals surface area contributed by atoms with Gasteiger partial charge < -0.3 is 0 Å². The lowest BCUT2D eigenvalue weighted by Gasteiger charge is -2.42. The van der Waals surface area contributed by atoms with E-state index in [1.807, 2.05) is 0 Å². The Morgan fingerprint density at radius 3 is 1.88 bits per heavy atom. The van der Waals surface area contributed by atoms with Crippen LogP contribution in [0.1, 0.15) is 80.5 Å². The van der Waals surface area contributed by atoms with Crippen LogP contribution in [-0.2, 0) is 5.41 Å². The average molecular weight is 335 g/mol. The second-order valence-electron chi connectivity index (χ2n) is 8.26. The molecule has 25 heavy (non-hydrogen) atoms. The molecule has 0 N–H and O–H groups in total. The number of hydrogen-bond acceptors (Lipinski definition) is 0. The SMILES string of the molecule is CCCCCC1CCC(c2cccc(C)c2)(c2cccc(C)c2)CC1. The Hall–Kier alpha value is -1.56. The van der Waals surface area contributed by atoms with Gasteiger partial charge in [0.25, 0.3) is 0 Å². The number of unbranched alkanes of at least 4 members (excludes halogenated alkanes) is 2. The molecule has 0 heteroatoms. The van der Waals surface area contributed by atoms with Crippen LogP contribution in [0.25, 0.3) is 0 Å². The maximum Gasteiger partial charge on any atom is 0.0203 e. The molecular formula is C25H34. The predicted octanol–water partition coefficient (Wildman–Crippen LogP) is 7.36. The van der Waals surface area contributed by atoms with E-state index in [0.717, 1.165) is 5.92 Å². The molecule has 0 amide bonds. The van der Waals surface area contributed by atoms with E-state index in [1.165, 1.54) is 73.6 Å². The fraction of sp³-hybridized carbons (Fsp3) is 0.520. The predicted molar refractivity (Wildman–Crippen MR) is 109 cm³/mol. The monoisotopic (exact) mass is 334 g/mol. The minimum absolute atomic E-state index is 0.222. The van der Waals surface area contributed by atoms with Crippen LogP contribution in [0.5, 0.6) is 0 Å². The third kappa shape index (κ3) is 4.17. The number of aryl methyl sites for hydroxylation is 2. The summed E-state index contributed by atoms with van der Waals surface area (Å²) in [5.41, 5.74) is 6.05. The quantitative estimate of drug-likeness (QED) is 0.484. The van der Waals surface area contributed by atoms with Crippen LogP contribution in [0.4, 0.5) is 0 Å². The van der Waals surface area contributed by atoms with Gasteiger partial charge in [-0.1, -0.05) is 92.3 Å². The van der Waals surface area contributed by atoms with E-state index in [9.17, 15) is 0 Å². The number of benzene rings is 2. The fourth-order valence-corrected chi connectivity index (χ4v) is 4.77. The van der Waals surface area contributed by atoms with Crippen LogP contribution >= 0.6 is 0 Å². The second kappa shape index (κ2) is 8.21. The molecule has 0 spiro atoms. The zero-order chi connectivity index (χ0) is 17.7. The van der Waals surface area contributed by atoms with Gasteiger partial charge in [-0.25, -0.2) is 0 Å². The Morgan fingerprint density at radius 1 is 0.840 bits per heavy atom. The summed E-state index contributed by atoms with van der Waals surface area (Å²) in [4.78, 5) is 0. The van der Waals surface area contributed by atoms with Gasteiger partial charge in [-0.3, -0.25) is 0 Å². The summed E-state index contributed by atoms with van der Waals surface area (Å²) in [6, 6.07) is 18.5. The zero-order valence-corrected chi connectivity index (χ0v) is 16.4. The molecule has 1 aliphatic rings. The highest BCUT2D eigenvalue weighted by atomic mass is 14.4. The van der Waals surface area contributed by atoms with Crippen molar-refractivity contribution in [2.24, 2.45) is 5.92 Å². The average Bonchev–Trinajstić information content (AvgIpc) is 2.63. The van der Waals surface area contributed by atoms with E-state index in [2.05, 4.69) is 69.3 Å². The summed E-state index contributed by atoms with van der Waals surface area (Å²) in [5.74, 6) is 0.939. The highest BCUT2D eigenvalue weighted by Crippen LogP contribution is 2.47. The summed E-state index contributed by atoms with van der Waals surface area (Å²) in [6.07, 6.45) is 11.0. The van der Waals surface area contributed by atoms with Gasteiger partial charge in [-0.15, -0.1) is 0 Å². The molecule has 3 rings (SSSR count). The Bertz CT molecular complexity index is 626. The maximum atomic E-state index is 2.43. The molecule has 1 saturated carbocycles.